The van der Waals surface area contributed by atoms with Crippen molar-refractivity contribution in [2.24, 2.45) is 0 Å². The third-order valence-corrected chi connectivity index (χ3v) is 6.07. The van der Waals surface area contributed by atoms with Crippen LogP contribution < -0.4 is 9.47 Å². The molecule has 0 saturated carbocycles. The van der Waals surface area contributed by atoms with E-state index in [1.165, 1.54) is 11.1 Å². The van der Waals surface area contributed by atoms with Crippen LogP contribution in [0, 0.1) is 0 Å². The largest absolute Gasteiger partial charge is 0.497 e. The second-order valence-electron chi connectivity index (χ2n) is 8.03. The summed E-state index contributed by atoms with van der Waals surface area (Å²) in [5, 5.41) is 0. The van der Waals surface area contributed by atoms with Crippen LogP contribution in [-0.4, -0.2) is 56.1 Å². The Morgan fingerprint density at radius 3 is 1.94 bits per heavy atom. The Labute approximate surface area is 208 Å². The zero-order chi connectivity index (χ0) is 23.0. The van der Waals surface area contributed by atoms with E-state index in [4.69, 9.17) is 9.47 Å². The molecule has 3 aromatic rings. The number of benzene rings is 3. The number of methoxy groups -OCH3 is 2. The molecule has 0 N–H and O–H groups in total. The average molecular weight is 479 g/mol. The van der Waals surface area contributed by atoms with Crippen LogP contribution in [0.4, 0.5) is 0 Å². The molecule has 0 aliphatic carbocycles. The zero-order valence-corrected chi connectivity index (χ0v) is 20.4. The molecule has 4 rings (SSSR count). The number of hydrogen-bond donors (Lipinski definition) is 0. The van der Waals surface area contributed by atoms with Crippen LogP contribution in [-0.2, 0) is 4.79 Å². The van der Waals surface area contributed by atoms with Gasteiger partial charge in [0.15, 0.2) is 0 Å². The highest BCUT2D eigenvalue weighted by Crippen LogP contribution is 2.30. The van der Waals surface area contributed by atoms with E-state index in [-0.39, 0.29) is 24.4 Å². The van der Waals surface area contributed by atoms with Crippen molar-refractivity contribution in [1.82, 2.24) is 9.80 Å². The maximum absolute atomic E-state index is 12.9. The number of carbonyl (C=O) groups is 1. The van der Waals surface area contributed by atoms with Crippen molar-refractivity contribution < 1.29 is 14.3 Å². The van der Waals surface area contributed by atoms with E-state index in [0.29, 0.717) is 18.8 Å². The van der Waals surface area contributed by atoms with Gasteiger partial charge in [0.1, 0.15) is 11.5 Å². The van der Waals surface area contributed by atoms with Crippen molar-refractivity contribution in [2.75, 3.05) is 40.4 Å². The van der Waals surface area contributed by atoms with Crippen molar-refractivity contribution >= 4 is 24.4 Å². The molecule has 0 aromatic heterocycles. The standard InChI is InChI=1S/C28H30N2O3.ClH/c1-32-25-15-13-22(26(21-25)33-2)14-16-27(31)29-17-19-30(20-18-29)28(23-9-5-3-6-10-23)24-11-7-4-8-12-24;/h3-16,21,28H,17-20H2,1-2H3;1H. The number of halogens is 1. The minimum Gasteiger partial charge on any atom is -0.497 e. The third-order valence-electron chi connectivity index (χ3n) is 6.07. The van der Waals surface area contributed by atoms with Gasteiger partial charge in [-0.2, -0.15) is 0 Å². The molecule has 1 heterocycles. The fraction of sp³-hybridized carbons (Fsp3) is 0.250. The highest BCUT2D eigenvalue weighted by atomic mass is 35.5. The molecule has 1 fully saturated rings. The van der Waals surface area contributed by atoms with E-state index in [1.807, 2.05) is 41.3 Å². The van der Waals surface area contributed by atoms with Crippen LogP contribution in [0.15, 0.2) is 84.9 Å². The average Bonchev–Trinajstić information content (AvgIpc) is 2.89. The number of ether oxygens (including phenoxy) is 2. The van der Waals surface area contributed by atoms with Gasteiger partial charge < -0.3 is 14.4 Å². The van der Waals surface area contributed by atoms with Crippen LogP contribution >= 0.6 is 12.4 Å². The molecule has 1 aliphatic rings. The molecule has 5 nitrogen and oxygen atoms in total. The molecule has 0 unspecified atom stereocenters. The van der Waals surface area contributed by atoms with Crippen molar-refractivity contribution in [3.63, 3.8) is 0 Å². The highest BCUT2D eigenvalue weighted by Gasteiger charge is 2.27. The van der Waals surface area contributed by atoms with Gasteiger partial charge in [-0.25, -0.2) is 0 Å². The van der Waals surface area contributed by atoms with Crippen LogP contribution in [0.25, 0.3) is 6.08 Å². The Morgan fingerprint density at radius 1 is 0.824 bits per heavy atom. The van der Waals surface area contributed by atoms with Crippen molar-refractivity contribution in [3.05, 3.63) is 102 Å². The third kappa shape index (κ3) is 5.99. The number of piperazine rings is 1. The SMILES string of the molecule is COc1ccc(C=CC(=O)N2CCN(C(c3ccccc3)c3ccccc3)CC2)c(OC)c1.Cl. The summed E-state index contributed by atoms with van der Waals surface area (Å²) in [6.45, 7) is 3.03. The van der Waals surface area contributed by atoms with Gasteiger partial charge in [0.25, 0.3) is 0 Å². The van der Waals surface area contributed by atoms with Crippen LogP contribution in [0.2, 0.25) is 0 Å². The first-order valence-electron chi connectivity index (χ1n) is 11.2. The van der Waals surface area contributed by atoms with Crippen molar-refractivity contribution in [2.45, 2.75) is 6.04 Å². The topological polar surface area (TPSA) is 42.0 Å². The number of hydrogen-bond acceptors (Lipinski definition) is 4. The first kappa shape index (κ1) is 25.3. The Morgan fingerprint density at radius 2 is 1.41 bits per heavy atom. The molecule has 0 bridgehead atoms. The Hall–Kier alpha value is -3.28. The second-order valence-corrected chi connectivity index (χ2v) is 8.03. The van der Waals surface area contributed by atoms with Crippen LogP contribution in [0.3, 0.4) is 0 Å². The summed E-state index contributed by atoms with van der Waals surface area (Å²) in [5.74, 6) is 1.41. The molecular weight excluding hydrogens is 448 g/mol. The maximum atomic E-state index is 12.9. The Bertz CT molecular complexity index is 1040. The first-order valence-corrected chi connectivity index (χ1v) is 11.2. The van der Waals surface area contributed by atoms with Crippen LogP contribution in [0.5, 0.6) is 11.5 Å². The van der Waals surface area contributed by atoms with E-state index >= 15 is 0 Å². The molecule has 1 aliphatic heterocycles. The van der Waals surface area contributed by atoms with E-state index in [0.717, 1.165) is 24.4 Å². The second kappa shape index (κ2) is 12.3. The number of rotatable bonds is 7. The van der Waals surface area contributed by atoms with E-state index in [9.17, 15) is 4.79 Å². The van der Waals surface area contributed by atoms with Crippen molar-refractivity contribution in [3.8, 4) is 11.5 Å². The quantitative estimate of drug-likeness (QED) is 0.444. The number of amides is 1. The normalized spacial score (nSPS) is 14.1. The summed E-state index contributed by atoms with van der Waals surface area (Å²) in [5.41, 5.74) is 3.39. The molecular formula is C28H31ClN2O3. The lowest BCUT2D eigenvalue weighted by atomic mass is 9.96. The van der Waals surface area contributed by atoms with Crippen molar-refractivity contribution in [1.29, 1.82) is 0 Å². The molecule has 1 amide bonds. The van der Waals surface area contributed by atoms with Gasteiger partial charge in [0, 0.05) is 43.9 Å². The van der Waals surface area contributed by atoms with Gasteiger partial charge in [-0.1, -0.05) is 60.7 Å². The monoisotopic (exact) mass is 478 g/mol. The lowest BCUT2D eigenvalue weighted by Gasteiger charge is -2.39. The maximum Gasteiger partial charge on any atom is 0.246 e. The van der Waals surface area contributed by atoms with Gasteiger partial charge in [-0.05, 0) is 29.3 Å². The van der Waals surface area contributed by atoms with E-state index in [1.54, 1.807) is 20.3 Å². The predicted octanol–water partition coefficient (Wildman–Crippen LogP) is 5.07. The van der Waals surface area contributed by atoms with E-state index in [2.05, 4.69) is 53.4 Å². The lowest BCUT2D eigenvalue weighted by molar-refractivity contribution is -0.127. The smallest absolute Gasteiger partial charge is 0.246 e. The van der Waals surface area contributed by atoms with E-state index < -0.39 is 0 Å². The zero-order valence-electron chi connectivity index (χ0n) is 19.6. The summed E-state index contributed by atoms with van der Waals surface area (Å²) in [7, 11) is 3.23. The van der Waals surface area contributed by atoms with Gasteiger partial charge in [0.2, 0.25) is 5.91 Å². The molecule has 0 atom stereocenters. The predicted molar refractivity (Wildman–Crippen MR) is 139 cm³/mol. The van der Waals surface area contributed by atoms with Crippen LogP contribution in [0.1, 0.15) is 22.7 Å². The lowest BCUT2D eigenvalue weighted by Crippen LogP contribution is -2.49. The molecule has 1 saturated heterocycles. The molecule has 6 heteroatoms. The van der Waals surface area contributed by atoms with Gasteiger partial charge >= 0.3 is 0 Å². The highest BCUT2D eigenvalue weighted by molar-refractivity contribution is 5.92. The molecule has 3 aromatic carbocycles. The first-order chi connectivity index (χ1) is 16.2. The summed E-state index contributed by atoms with van der Waals surface area (Å²) in [6.07, 6.45) is 3.44. The number of nitrogens with zero attached hydrogens (tertiary/aromatic N) is 2. The Kier molecular flexibility index (Phi) is 9.14. The minimum absolute atomic E-state index is 0. The Balaban J connectivity index is 0.00000324. The fourth-order valence-electron chi connectivity index (χ4n) is 4.31. The van der Waals surface area contributed by atoms with Gasteiger partial charge in [-0.15, -0.1) is 12.4 Å². The van der Waals surface area contributed by atoms with Gasteiger partial charge in [-0.3, -0.25) is 9.69 Å². The molecule has 178 valence electrons. The summed E-state index contributed by atoms with van der Waals surface area (Å²) < 4.78 is 10.7. The molecule has 0 spiro atoms. The summed E-state index contributed by atoms with van der Waals surface area (Å²) in [6, 6.07) is 26.9. The fourth-order valence-corrected chi connectivity index (χ4v) is 4.31. The molecule has 0 radical (unpaired) electrons. The summed E-state index contributed by atoms with van der Waals surface area (Å²) in [4.78, 5) is 17.2. The summed E-state index contributed by atoms with van der Waals surface area (Å²) >= 11 is 0. The minimum atomic E-state index is 0. The number of carbonyl (C=O) groups excluding carboxylic acids is 1. The molecule has 34 heavy (non-hydrogen) atoms. The van der Waals surface area contributed by atoms with Gasteiger partial charge in [0.05, 0.1) is 20.3 Å².